The summed E-state index contributed by atoms with van der Waals surface area (Å²) in [5.41, 5.74) is 9.80. The van der Waals surface area contributed by atoms with Crippen molar-refractivity contribution >= 4 is 17.5 Å². The van der Waals surface area contributed by atoms with E-state index in [1.165, 1.54) is 0 Å². The van der Waals surface area contributed by atoms with Crippen molar-refractivity contribution in [2.75, 3.05) is 5.73 Å². The van der Waals surface area contributed by atoms with Gasteiger partial charge in [-0.3, -0.25) is 0 Å². The summed E-state index contributed by atoms with van der Waals surface area (Å²) in [6.45, 7) is 3.96. The average molecular weight is 236 g/mol. The minimum absolute atomic E-state index is 0.464. The molecule has 1 aromatic heterocycles. The van der Waals surface area contributed by atoms with Gasteiger partial charge in [-0.1, -0.05) is 23.7 Å². The second kappa shape index (κ2) is 4.18. The summed E-state index contributed by atoms with van der Waals surface area (Å²) in [6.07, 6.45) is 0.750. The number of nitrogens with one attached hydrogen (secondary N) is 1. The molecule has 0 aliphatic carbocycles. The molecule has 84 valence electrons. The van der Waals surface area contributed by atoms with E-state index in [4.69, 9.17) is 17.3 Å². The number of aromatic amines is 1. The second-order valence-electron chi connectivity index (χ2n) is 3.95. The lowest BCUT2D eigenvalue weighted by Gasteiger charge is -2.02. The minimum atomic E-state index is 0.464. The molecule has 0 amide bonds. The maximum Gasteiger partial charge on any atom is 0.197 e. The molecule has 0 saturated carbocycles. The van der Waals surface area contributed by atoms with Crippen molar-refractivity contribution in [2.24, 2.45) is 0 Å². The lowest BCUT2D eigenvalue weighted by atomic mass is 10.1. The zero-order chi connectivity index (χ0) is 11.7. The smallest absolute Gasteiger partial charge is 0.197 e. The zero-order valence-corrected chi connectivity index (χ0v) is 10.1. The van der Waals surface area contributed by atoms with E-state index >= 15 is 0 Å². The van der Waals surface area contributed by atoms with Crippen molar-refractivity contribution in [3.05, 3.63) is 45.7 Å². The van der Waals surface area contributed by atoms with Gasteiger partial charge in [-0.2, -0.15) is 0 Å². The summed E-state index contributed by atoms with van der Waals surface area (Å²) >= 11 is 6.07. The Hall–Kier alpha value is -1.48. The Morgan fingerprint density at radius 3 is 2.69 bits per heavy atom. The number of benzene rings is 1. The third-order valence-corrected chi connectivity index (χ3v) is 3.02. The van der Waals surface area contributed by atoms with Crippen LogP contribution in [0.15, 0.2) is 18.2 Å². The number of aromatic nitrogens is 2. The molecule has 0 aliphatic rings. The molecule has 3 N–H and O–H groups in total. The van der Waals surface area contributed by atoms with Crippen LogP contribution in [0.4, 0.5) is 5.95 Å². The van der Waals surface area contributed by atoms with Crippen LogP contribution < -0.4 is 5.73 Å². The van der Waals surface area contributed by atoms with Crippen LogP contribution in [-0.4, -0.2) is 9.97 Å². The standard InChI is InChI=1S/C12H14ClN3/c1-7-3-4-9(5-10(7)13)6-11-8(2)15-12(14)16-11/h3-5H,6H2,1-2H3,(H3,14,15,16). The number of nitrogens with two attached hydrogens (primary N) is 1. The Bertz CT molecular complexity index is 517. The number of nitrogen functional groups attached to an aromatic ring is 1. The highest BCUT2D eigenvalue weighted by Crippen LogP contribution is 2.19. The second-order valence-corrected chi connectivity index (χ2v) is 4.36. The molecule has 0 aliphatic heterocycles. The predicted octanol–water partition coefficient (Wildman–Crippen LogP) is 2.85. The highest BCUT2D eigenvalue weighted by atomic mass is 35.5. The number of rotatable bonds is 2. The van der Waals surface area contributed by atoms with Crippen molar-refractivity contribution in [3.63, 3.8) is 0 Å². The van der Waals surface area contributed by atoms with Crippen LogP contribution in [0.25, 0.3) is 0 Å². The van der Waals surface area contributed by atoms with Crippen LogP contribution in [0.5, 0.6) is 0 Å². The number of halogens is 1. The lowest BCUT2D eigenvalue weighted by molar-refractivity contribution is 1.08. The topological polar surface area (TPSA) is 54.7 Å². The third kappa shape index (κ3) is 2.19. The van der Waals surface area contributed by atoms with Gasteiger partial charge in [-0.25, -0.2) is 4.98 Å². The Balaban J connectivity index is 2.27. The van der Waals surface area contributed by atoms with E-state index in [2.05, 4.69) is 16.0 Å². The number of hydrogen-bond donors (Lipinski definition) is 2. The van der Waals surface area contributed by atoms with Gasteiger partial charge in [0, 0.05) is 17.1 Å². The van der Waals surface area contributed by atoms with Gasteiger partial charge in [0.2, 0.25) is 0 Å². The number of anilines is 1. The fourth-order valence-corrected chi connectivity index (χ4v) is 1.84. The summed E-state index contributed by atoms with van der Waals surface area (Å²) < 4.78 is 0. The Kier molecular flexibility index (Phi) is 2.88. The molecule has 0 spiro atoms. The first-order chi connectivity index (χ1) is 7.56. The van der Waals surface area contributed by atoms with Gasteiger partial charge in [-0.15, -0.1) is 0 Å². The molecule has 0 unspecified atom stereocenters. The molecule has 0 radical (unpaired) electrons. The largest absolute Gasteiger partial charge is 0.369 e. The maximum atomic E-state index is 6.07. The van der Waals surface area contributed by atoms with Crippen molar-refractivity contribution in [1.82, 2.24) is 9.97 Å². The summed E-state index contributed by atoms with van der Waals surface area (Å²) in [7, 11) is 0. The minimum Gasteiger partial charge on any atom is -0.369 e. The molecule has 2 aromatic rings. The van der Waals surface area contributed by atoms with E-state index in [-0.39, 0.29) is 0 Å². The van der Waals surface area contributed by atoms with Crippen LogP contribution in [-0.2, 0) is 6.42 Å². The summed E-state index contributed by atoms with van der Waals surface area (Å²) in [5.74, 6) is 0.464. The molecule has 1 heterocycles. The van der Waals surface area contributed by atoms with Crippen LogP contribution in [0.3, 0.4) is 0 Å². The van der Waals surface area contributed by atoms with Gasteiger partial charge < -0.3 is 10.7 Å². The normalized spacial score (nSPS) is 10.7. The molecule has 16 heavy (non-hydrogen) atoms. The summed E-state index contributed by atoms with van der Waals surface area (Å²) in [4.78, 5) is 7.22. The first-order valence-electron chi connectivity index (χ1n) is 5.12. The predicted molar refractivity (Wildman–Crippen MR) is 66.7 cm³/mol. The molecule has 4 heteroatoms. The maximum absolute atomic E-state index is 6.07. The van der Waals surface area contributed by atoms with Gasteiger partial charge in [-0.05, 0) is 31.0 Å². The lowest BCUT2D eigenvalue weighted by Crippen LogP contribution is -1.92. The van der Waals surface area contributed by atoms with Crippen molar-refractivity contribution in [2.45, 2.75) is 20.3 Å². The Morgan fingerprint density at radius 2 is 2.12 bits per heavy atom. The van der Waals surface area contributed by atoms with Gasteiger partial charge in [0.05, 0.1) is 5.69 Å². The van der Waals surface area contributed by atoms with Crippen molar-refractivity contribution in [1.29, 1.82) is 0 Å². The number of nitrogens with zero attached hydrogens (tertiary/aromatic N) is 1. The molecule has 1 aromatic carbocycles. The zero-order valence-electron chi connectivity index (χ0n) is 9.34. The number of hydrogen-bond acceptors (Lipinski definition) is 2. The van der Waals surface area contributed by atoms with Gasteiger partial charge in [0.15, 0.2) is 5.95 Å². The van der Waals surface area contributed by atoms with Crippen LogP contribution >= 0.6 is 11.6 Å². The van der Waals surface area contributed by atoms with Crippen LogP contribution in [0.1, 0.15) is 22.5 Å². The molecule has 3 nitrogen and oxygen atoms in total. The highest BCUT2D eigenvalue weighted by Gasteiger charge is 2.06. The SMILES string of the molecule is Cc1ccc(Cc2nc(N)[nH]c2C)cc1Cl. The molecular weight excluding hydrogens is 222 g/mol. The molecule has 0 bridgehead atoms. The van der Waals surface area contributed by atoms with Crippen molar-refractivity contribution < 1.29 is 0 Å². The molecular formula is C12H14ClN3. The quantitative estimate of drug-likeness (QED) is 0.841. The fraction of sp³-hybridized carbons (Fsp3) is 0.250. The first-order valence-corrected chi connectivity index (χ1v) is 5.50. The molecule has 0 saturated heterocycles. The molecule has 2 rings (SSSR count). The summed E-state index contributed by atoms with van der Waals surface area (Å²) in [6, 6.07) is 6.05. The fourth-order valence-electron chi connectivity index (χ4n) is 1.63. The number of aryl methyl sites for hydroxylation is 2. The third-order valence-electron chi connectivity index (χ3n) is 2.61. The van der Waals surface area contributed by atoms with E-state index in [1.54, 1.807) is 0 Å². The number of imidazole rings is 1. The summed E-state index contributed by atoms with van der Waals surface area (Å²) in [5, 5.41) is 0.790. The van der Waals surface area contributed by atoms with Gasteiger partial charge >= 0.3 is 0 Å². The number of H-pyrrole nitrogens is 1. The monoisotopic (exact) mass is 235 g/mol. The van der Waals surface area contributed by atoms with E-state index < -0.39 is 0 Å². The molecule has 0 fully saturated rings. The first kappa shape index (κ1) is 11.0. The van der Waals surface area contributed by atoms with Gasteiger partial charge in [0.1, 0.15) is 0 Å². The molecule has 0 atom stereocenters. The average Bonchev–Trinajstić information content (AvgIpc) is 2.51. The van der Waals surface area contributed by atoms with E-state index in [9.17, 15) is 0 Å². The van der Waals surface area contributed by atoms with E-state index in [1.807, 2.05) is 26.0 Å². The van der Waals surface area contributed by atoms with Crippen LogP contribution in [0, 0.1) is 13.8 Å². The highest BCUT2D eigenvalue weighted by molar-refractivity contribution is 6.31. The van der Waals surface area contributed by atoms with E-state index in [0.717, 1.165) is 34.0 Å². The Labute approximate surface area is 99.7 Å². The Morgan fingerprint density at radius 1 is 1.38 bits per heavy atom. The van der Waals surface area contributed by atoms with E-state index in [0.29, 0.717) is 5.95 Å². The van der Waals surface area contributed by atoms with Gasteiger partial charge in [0.25, 0.3) is 0 Å². The van der Waals surface area contributed by atoms with Crippen molar-refractivity contribution in [3.8, 4) is 0 Å². The van der Waals surface area contributed by atoms with Crippen LogP contribution in [0.2, 0.25) is 5.02 Å².